The number of alkyl halides is 1. The first kappa shape index (κ1) is 15.3. The summed E-state index contributed by atoms with van der Waals surface area (Å²) in [5.74, 6) is 0. The summed E-state index contributed by atoms with van der Waals surface area (Å²) in [7, 11) is 1.98. The number of hydrogen-bond donors (Lipinski definition) is 0. The molecule has 2 heterocycles. The molecule has 0 amide bonds. The monoisotopic (exact) mass is 408 g/mol. The summed E-state index contributed by atoms with van der Waals surface area (Å²) in [4.78, 5) is 6.71. The van der Waals surface area contributed by atoms with Gasteiger partial charge in [0.15, 0.2) is 0 Å². The van der Waals surface area contributed by atoms with E-state index < -0.39 is 0 Å². The van der Waals surface area contributed by atoms with Crippen LogP contribution in [-0.2, 0) is 0 Å². The highest BCUT2D eigenvalue weighted by atomic mass is 127. The molecule has 0 aliphatic carbocycles. The van der Waals surface area contributed by atoms with E-state index in [9.17, 15) is 4.39 Å². The van der Waals surface area contributed by atoms with Gasteiger partial charge in [-0.15, -0.1) is 0 Å². The van der Waals surface area contributed by atoms with Crippen molar-refractivity contribution in [2.24, 2.45) is 0 Å². The fraction of sp³-hybridized carbons (Fsp3) is 0.235. The van der Waals surface area contributed by atoms with Crippen LogP contribution in [0.5, 0.6) is 0 Å². The van der Waals surface area contributed by atoms with Gasteiger partial charge >= 0.3 is 0 Å². The molecule has 0 aliphatic heterocycles. The average molecular weight is 408 g/mol. The number of pyridine rings is 1. The number of aromatic nitrogens is 2. The number of nitrogens with zero attached hydrogens (tertiary/aromatic N) is 3. The maximum Gasteiger partial charge on any atom is 0.137 e. The molecule has 2 aromatic heterocycles. The van der Waals surface area contributed by atoms with Crippen LogP contribution in [-0.4, -0.2) is 29.7 Å². The van der Waals surface area contributed by atoms with Gasteiger partial charge in [-0.2, -0.15) is 0 Å². The van der Waals surface area contributed by atoms with Gasteiger partial charge in [0.25, 0.3) is 0 Å². The quantitative estimate of drug-likeness (QED) is 0.584. The molecular weight excluding hydrogens is 391 g/mol. The minimum absolute atomic E-state index is 0.275. The SMILES string of the molecule is CN(CCC[18F])c1ccc(-c2cn3cc(I)ccc3n2)cc1. The lowest BCUT2D eigenvalue weighted by Crippen LogP contribution is -2.18. The van der Waals surface area contributed by atoms with E-state index in [1.807, 2.05) is 23.7 Å². The largest absolute Gasteiger partial charge is 0.375 e. The van der Waals surface area contributed by atoms with Crippen LogP contribution in [0.4, 0.5) is 10.1 Å². The zero-order valence-electron chi connectivity index (χ0n) is 12.3. The van der Waals surface area contributed by atoms with Gasteiger partial charge in [0.05, 0.1) is 12.4 Å². The summed E-state index contributed by atoms with van der Waals surface area (Å²) in [5.41, 5.74) is 4.08. The topological polar surface area (TPSA) is 20.5 Å². The highest BCUT2D eigenvalue weighted by Crippen LogP contribution is 2.23. The van der Waals surface area contributed by atoms with E-state index in [2.05, 4.69) is 69.0 Å². The summed E-state index contributed by atoms with van der Waals surface area (Å²) < 4.78 is 15.5. The standard InChI is InChI=1S/C17H17FIN3/c1-21(10-2-9-18)15-6-3-13(4-7-15)16-12-22-11-14(19)5-8-17(22)20-16/h3-8,11-12H,2,9-10H2,1H3/i18-1. The van der Waals surface area contributed by atoms with Crippen molar-refractivity contribution in [3.63, 3.8) is 0 Å². The predicted molar refractivity (Wildman–Crippen MR) is 97.2 cm³/mol. The lowest BCUT2D eigenvalue weighted by molar-refractivity contribution is 0.474. The van der Waals surface area contributed by atoms with Crippen LogP contribution in [0.2, 0.25) is 0 Å². The van der Waals surface area contributed by atoms with E-state index in [0.29, 0.717) is 6.42 Å². The van der Waals surface area contributed by atoms with Crippen molar-refractivity contribution in [3.8, 4) is 11.3 Å². The van der Waals surface area contributed by atoms with Crippen LogP contribution in [0.15, 0.2) is 48.8 Å². The minimum atomic E-state index is -0.275. The van der Waals surface area contributed by atoms with E-state index in [1.165, 1.54) is 3.57 Å². The van der Waals surface area contributed by atoms with E-state index in [1.54, 1.807) is 0 Å². The van der Waals surface area contributed by atoms with Gasteiger partial charge in [0, 0.05) is 40.8 Å². The third-order valence-corrected chi connectivity index (χ3v) is 4.28. The minimum Gasteiger partial charge on any atom is -0.375 e. The second-order valence-electron chi connectivity index (χ2n) is 5.25. The summed E-state index contributed by atoms with van der Waals surface area (Å²) in [6.45, 7) is 0.450. The van der Waals surface area contributed by atoms with E-state index >= 15 is 0 Å². The molecule has 0 aliphatic rings. The normalized spacial score (nSPS) is 11.0. The predicted octanol–water partition coefficient (Wildman–Crippen LogP) is 4.40. The number of halogens is 2. The Hall–Kier alpha value is -1.63. The number of benzene rings is 1. The maximum absolute atomic E-state index is 12.2. The lowest BCUT2D eigenvalue weighted by Gasteiger charge is -2.18. The third-order valence-electron chi connectivity index (χ3n) is 3.65. The van der Waals surface area contributed by atoms with E-state index in [0.717, 1.165) is 29.1 Å². The fourth-order valence-corrected chi connectivity index (χ4v) is 2.90. The Kier molecular flexibility index (Phi) is 4.61. The van der Waals surface area contributed by atoms with Crippen molar-refractivity contribution >= 4 is 33.9 Å². The van der Waals surface area contributed by atoms with Gasteiger partial charge in [0.1, 0.15) is 5.65 Å². The Morgan fingerprint density at radius 1 is 1.14 bits per heavy atom. The molecule has 3 aromatic rings. The molecule has 0 bridgehead atoms. The maximum atomic E-state index is 12.2. The molecule has 1 aromatic carbocycles. The molecule has 114 valence electrons. The summed E-state index contributed by atoms with van der Waals surface area (Å²) in [6.07, 6.45) is 4.66. The number of imidazole rings is 1. The molecule has 3 rings (SSSR count). The first-order valence-corrected chi connectivity index (χ1v) is 8.27. The van der Waals surface area contributed by atoms with Crippen LogP contribution >= 0.6 is 22.6 Å². The fourth-order valence-electron chi connectivity index (χ4n) is 2.42. The molecule has 0 saturated carbocycles. The molecule has 0 fully saturated rings. The Bertz CT molecular complexity index is 767. The van der Waals surface area contributed by atoms with Crippen LogP contribution < -0.4 is 4.90 Å². The number of anilines is 1. The lowest BCUT2D eigenvalue weighted by atomic mass is 10.1. The summed E-state index contributed by atoms with van der Waals surface area (Å²) >= 11 is 2.29. The smallest absolute Gasteiger partial charge is 0.137 e. The first-order valence-electron chi connectivity index (χ1n) is 7.19. The molecule has 0 saturated heterocycles. The van der Waals surface area contributed by atoms with Gasteiger partial charge in [-0.05, 0) is 53.3 Å². The van der Waals surface area contributed by atoms with Crippen molar-refractivity contribution in [1.82, 2.24) is 9.38 Å². The summed E-state index contributed by atoms with van der Waals surface area (Å²) in [6, 6.07) is 12.3. The molecule has 22 heavy (non-hydrogen) atoms. The molecule has 0 spiro atoms. The van der Waals surface area contributed by atoms with Crippen LogP contribution in [0.1, 0.15) is 6.42 Å². The van der Waals surface area contributed by atoms with Crippen molar-refractivity contribution in [2.75, 3.05) is 25.2 Å². The Balaban J connectivity index is 1.84. The average Bonchev–Trinajstić information content (AvgIpc) is 2.95. The zero-order chi connectivity index (χ0) is 15.5. The molecule has 0 unspecified atom stereocenters. The van der Waals surface area contributed by atoms with Gasteiger partial charge in [-0.25, -0.2) is 4.98 Å². The summed E-state index contributed by atoms with van der Waals surface area (Å²) in [5, 5.41) is 0. The molecule has 0 atom stereocenters. The van der Waals surface area contributed by atoms with Gasteiger partial charge in [0.2, 0.25) is 0 Å². The van der Waals surface area contributed by atoms with Crippen molar-refractivity contribution < 1.29 is 4.39 Å². The first-order chi connectivity index (χ1) is 10.7. The highest BCUT2D eigenvalue weighted by molar-refractivity contribution is 14.1. The number of hydrogen-bond acceptors (Lipinski definition) is 2. The van der Waals surface area contributed by atoms with Crippen molar-refractivity contribution in [2.45, 2.75) is 6.42 Å². The Morgan fingerprint density at radius 3 is 2.64 bits per heavy atom. The van der Waals surface area contributed by atoms with Gasteiger partial charge < -0.3 is 9.30 Å². The second kappa shape index (κ2) is 6.64. The van der Waals surface area contributed by atoms with E-state index in [4.69, 9.17) is 0 Å². The molecule has 0 radical (unpaired) electrons. The van der Waals surface area contributed by atoms with Gasteiger partial charge in [-0.3, -0.25) is 4.39 Å². The molecule has 5 heteroatoms. The van der Waals surface area contributed by atoms with Crippen molar-refractivity contribution in [1.29, 1.82) is 0 Å². The second-order valence-corrected chi connectivity index (χ2v) is 6.50. The van der Waals surface area contributed by atoms with Crippen LogP contribution in [0.25, 0.3) is 16.9 Å². The van der Waals surface area contributed by atoms with E-state index in [-0.39, 0.29) is 6.67 Å². The molecular formula is C17H17FIN3. The third kappa shape index (κ3) is 3.24. The van der Waals surface area contributed by atoms with Crippen molar-refractivity contribution in [3.05, 3.63) is 52.4 Å². The van der Waals surface area contributed by atoms with Gasteiger partial charge in [-0.1, -0.05) is 12.1 Å². The highest BCUT2D eigenvalue weighted by Gasteiger charge is 2.06. The number of rotatable bonds is 5. The van der Waals surface area contributed by atoms with Crippen LogP contribution in [0, 0.1) is 3.57 Å². The number of fused-ring (bicyclic) bond motifs is 1. The van der Waals surface area contributed by atoms with Crippen LogP contribution in [0.3, 0.4) is 0 Å². The molecule has 0 N–H and O–H groups in total. The zero-order valence-corrected chi connectivity index (χ0v) is 14.5. The molecule has 3 nitrogen and oxygen atoms in total. The Labute approximate surface area is 142 Å². The Morgan fingerprint density at radius 2 is 1.91 bits per heavy atom.